The van der Waals surface area contributed by atoms with Crippen molar-refractivity contribution in [2.24, 2.45) is 0 Å². The van der Waals surface area contributed by atoms with Gasteiger partial charge in [0.25, 0.3) is 0 Å². The maximum atomic E-state index is 11.2. The third-order valence-electron chi connectivity index (χ3n) is 2.65. The van der Waals surface area contributed by atoms with E-state index in [2.05, 4.69) is 6.92 Å². The summed E-state index contributed by atoms with van der Waals surface area (Å²) in [6, 6.07) is 0. The Labute approximate surface area is 114 Å². The summed E-state index contributed by atoms with van der Waals surface area (Å²) in [5, 5.41) is 0. The van der Waals surface area contributed by atoms with Crippen LogP contribution in [0.25, 0.3) is 0 Å². The Morgan fingerprint density at radius 1 is 1.00 bits per heavy atom. The van der Waals surface area contributed by atoms with Crippen LogP contribution in [-0.4, -0.2) is 37.6 Å². The van der Waals surface area contributed by atoms with Crippen molar-refractivity contribution >= 4 is 5.91 Å². The summed E-state index contributed by atoms with van der Waals surface area (Å²) in [4.78, 5) is 13.0. The quantitative estimate of drug-likeness (QED) is 0.557. The van der Waals surface area contributed by atoms with Crippen molar-refractivity contribution in [2.75, 3.05) is 26.8 Å². The van der Waals surface area contributed by atoms with Crippen LogP contribution in [-0.2, 0) is 9.53 Å². The Balaban J connectivity index is 0. The van der Waals surface area contributed by atoms with Crippen LogP contribution in [0.2, 0.25) is 0 Å². The second-order valence-electron chi connectivity index (χ2n) is 4.20. The molecule has 0 atom stereocenters. The number of ether oxygens (including phenoxy) is 1. The summed E-state index contributed by atoms with van der Waals surface area (Å²) in [6.45, 7) is 10.7. The number of hydrogen-bond acceptors (Lipinski definition) is 2. The highest BCUT2D eigenvalue weighted by Gasteiger charge is 2.04. The minimum absolute atomic E-state index is 0.226. The molecule has 0 heterocycles. The molecular formula is C15H33NO2. The van der Waals surface area contributed by atoms with E-state index >= 15 is 0 Å². The first-order valence-corrected chi connectivity index (χ1v) is 7.54. The van der Waals surface area contributed by atoms with Gasteiger partial charge in [0.1, 0.15) is 0 Å². The average Bonchev–Trinajstić information content (AvgIpc) is 2.42. The van der Waals surface area contributed by atoms with Gasteiger partial charge in [0.15, 0.2) is 0 Å². The molecule has 0 saturated carbocycles. The van der Waals surface area contributed by atoms with E-state index in [0.717, 1.165) is 32.6 Å². The number of unbranched alkanes of at least 4 members (excludes halogenated alkanes) is 3. The summed E-state index contributed by atoms with van der Waals surface area (Å²) in [5.41, 5.74) is 0. The van der Waals surface area contributed by atoms with Gasteiger partial charge in [-0.1, -0.05) is 40.5 Å². The van der Waals surface area contributed by atoms with Crippen LogP contribution in [0, 0.1) is 0 Å². The zero-order chi connectivity index (χ0) is 14.2. The van der Waals surface area contributed by atoms with Crippen LogP contribution in [0.1, 0.15) is 66.2 Å². The molecule has 0 aromatic carbocycles. The number of rotatable bonds is 10. The normalized spacial score (nSPS) is 9.61. The lowest BCUT2D eigenvalue weighted by atomic mass is 10.2. The lowest BCUT2D eigenvalue weighted by Gasteiger charge is -2.15. The molecule has 0 aromatic heterocycles. The van der Waals surface area contributed by atoms with Gasteiger partial charge in [-0.2, -0.15) is 0 Å². The summed E-state index contributed by atoms with van der Waals surface area (Å²) in [6.07, 6.45) is 6.36. The molecule has 0 radical (unpaired) electrons. The summed E-state index contributed by atoms with van der Waals surface area (Å²) >= 11 is 0. The van der Waals surface area contributed by atoms with Gasteiger partial charge in [0.05, 0.1) is 0 Å². The number of nitrogens with zero attached hydrogens (tertiary/aromatic N) is 1. The van der Waals surface area contributed by atoms with Crippen molar-refractivity contribution in [1.82, 2.24) is 4.90 Å². The lowest BCUT2D eigenvalue weighted by Crippen LogP contribution is -2.26. The Hall–Kier alpha value is -0.570. The highest BCUT2D eigenvalue weighted by molar-refractivity contribution is 5.75. The van der Waals surface area contributed by atoms with Crippen LogP contribution < -0.4 is 0 Å². The molecule has 0 aliphatic rings. The van der Waals surface area contributed by atoms with Crippen LogP contribution in [0.3, 0.4) is 0 Å². The minimum Gasteiger partial charge on any atom is -0.381 e. The molecule has 0 aliphatic heterocycles. The second-order valence-corrected chi connectivity index (χ2v) is 4.20. The van der Waals surface area contributed by atoms with E-state index < -0.39 is 0 Å². The van der Waals surface area contributed by atoms with Gasteiger partial charge in [-0.05, 0) is 19.3 Å². The molecule has 0 spiro atoms. The smallest absolute Gasteiger partial charge is 0.222 e. The SMILES string of the molecule is CC.CCCCCOCCCCN(C)C(=O)CC. The van der Waals surface area contributed by atoms with Gasteiger partial charge >= 0.3 is 0 Å². The Morgan fingerprint density at radius 2 is 1.56 bits per heavy atom. The van der Waals surface area contributed by atoms with E-state index in [1.807, 2.05) is 27.8 Å². The van der Waals surface area contributed by atoms with Crippen molar-refractivity contribution in [3.8, 4) is 0 Å². The van der Waals surface area contributed by atoms with E-state index in [0.29, 0.717) is 6.42 Å². The molecule has 0 aromatic rings. The van der Waals surface area contributed by atoms with Crippen LogP contribution >= 0.6 is 0 Å². The van der Waals surface area contributed by atoms with Gasteiger partial charge in [0.2, 0.25) is 5.91 Å². The fraction of sp³-hybridized carbons (Fsp3) is 0.933. The fourth-order valence-corrected chi connectivity index (χ4v) is 1.50. The van der Waals surface area contributed by atoms with Crippen molar-refractivity contribution < 1.29 is 9.53 Å². The predicted octanol–water partition coefficient (Wildman–Crippen LogP) is 3.87. The first-order valence-electron chi connectivity index (χ1n) is 7.54. The van der Waals surface area contributed by atoms with E-state index in [9.17, 15) is 4.79 Å². The van der Waals surface area contributed by atoms with Gasteiger partial charge < -0.3 is 9.64 Å². The van der Waals surface area contributed by atoms with Crippen LogP contribution in [0.5, 0.6) is 0 Å². The molecule has 18 heavy (non-hydrogen) atoms. The van der Waals surface area contributed by atoms with Gasteiger partial charge in [0, 0.05) is 33.2 Å². The number of carbonyl (C=O) groups is 1. The first kappa shape index (κ1) is 19.8. The van der Waals surface area contributed by atoms with Crippen LogP contribution in [0.4, 0.5) is 0 Å². The number of hydrogen-bond donors (Lipinski definition) is 0. The monoisotopic (exact) mass is 259 g/mol. The van der Waals surface area contributed by atoms with Gasteiger partial charge in [-0.25, -0.2) is 0 Å². The summed E-state index contributed by atoms with van der Waals surface area (Å²) in [5.74, 6) is 0.226. The van der Waals surface area contributed by atoms with E-state index in [-0.39, 0.29) is 5.91 Å². The molecule has 3 nitrogen and oxygen atoms in total. The highest BCUT2D eigenvalue weighted by Crippen LogP contribution is 1.98. The number of amides is 1. The fourth-order valence-electron chi connectivity index (χ4n) is 1.50. The maximum Gasteiger partial charge on any atom is 0.222 e. The zero-order valence-electron chi connectivity index (χ0n) is 13.1. The summed E-state index contributed by atoms with van der Waals surface area (Å²) in [7, 11) is 1.87. The molecule has 0 aliphatic carbocycles. The summed E-state index contributed by atoms with van der Waals surface area (Å²) < 4.78 is 5.50. The second kappa shape index (κ2) is 16.4. The third kappa shape index (κ3) is 13.5. The van der Waals surface area contributed by atoms with Crippen molar-refractivity contribution in [2.45, 2.75) is 66.2 Å². The molecule has 0 rings (SSSR count). The minimum atomic E-state index is 0.226. The van der Waals surface area contributed by atoms with Crippen molar-refractivity contribution in [3.63, 3.8) is 0 Å². The topological polar surface area (TPSA) is 29.5 Å². The number of carbonyl (C=O) groups excluding carboxylic acids is 1. The van der Waals surface area contributed by atoms with E-state index in [4.69, 9.17) is 4.74 Å². The molecule has 0 bridgehead atoms. The largest absolute Gasteiger partial charge is 0.381 e. The Bertz CT molecular complexity index is 172. The molecule has 110 valence electrons. The standard InChI is InChI=1S/C13H27NO2.C2H6/c1-4-6-8-11-16-12-9-7-10-14(3)13(15)5-2;1-2/h4-12H2,1-3H3;1-2H3. The van der Waals surface area contributed by atoms with Crippen LogP contribution in [0.15, 0.2) is 0 Å². The first-order chi connectivity index (χ1) is 8.72. The van der Waals surface area contributed by atoms with Gasteiger partial charge in [-0.3, -0.25) is 4.79 Å². The maximum absolute atomic E-state index is 11.2. The van der Waals surface area contributed by atoms with Crippen molar-refractivity contribution in [3.05, 3.63) is 0 Å². The van der Waals surface area contributed by atoms with E-state index in [1.165, 1.54) is 19.3 Å². The lowest BCUT2D eigenvalue weighted by molar-refractivity contribution is -0.129. The molecular weight excluding hydrogens is 226 g/mol. The Kier molecular flexibility index (Phi) is 18.0. The van der Waals surface area contributed by atoms with Crippen molar-refractivity contribution in [1.29, 1.82) is 0 Å². The highest BCUT2D eigenvalue weighted by atomic mass is 16.5. The molecule has 0 saturated heterocycles. The average molecular weight is 259 g/mol. The molecule has 0 unspecified atom stereocenters. The molecule has 0 fully saturated rings. The predicted molar refractivity (Wildman–Crippen MR) is 78.9 cm³/mol. The molecule has 3 heteroatoms. The molecule has 0 N–H and O–H groups in total. The van der Waals surface area contributed by atoms with E-state index in [1.54, 1.807) is 4.90 Å². The third-order valence-corrected chi connectivity index (χ3v) is 2.65. The zero-order valence-corrected chi connectivity index (χ0v) is 13.1. The van der Waals surface area contributed by atoms with Gasteiger partial charge in [-0.15, -0.1) is 0 Å². The Morgan fingerprint density at radius 3 is 2.06 bits per heavy atom. The molecule has 1 amide bonds.